The predicted octanol–water partition coefficient (Wildman–Crippen LogP) is 7.95. The van der Waals surface area contributed by atoms with Crippen molar-refractivity contribution >= 4 is 38.6 Å². The molecule has 5 rings (SSSR count). The maximum absolute atomic E-state index is 4.85. The van der Waals surface area contributed by atoms with Gasteiger partial charge in [0.1, 0.15) is 10.0 Å². The van der Waals surface area contributed by atoms with E-state index in [0.29, 0.717) is 0 Å². The Morgan fingerprint density at radius 1 is 0.567 bits per heavy atom. The first-order valence-electron chi connectivity index (χ1n) is 9.55. The summed E-state index contributed by atoms with van der Waals surface area (Å²) in [5.41, 5.74) is 6.78. The number of rotatable bonds is 5. The fourth-order valence-electron chi connectivity index (χ4n) is 3.26. The van der Waals surface area contributed by atoms with Crippen molar-refractivity contribution in [2.75, 3.05) is 0 Å². The van der Waals surface area contributed by atoms with E-state index in [1.54, 1.807) is 22.7 Å². The number of nitrogens with zero attached hydrogens (tertiary/aromatic N) is 2. The maximum atomic E-state index is 4.85. The van der Waals surface area contributed by atoms with Crippen LogP contribution in [0.15, 0.2) is 94.1 Å². The van der Waals surface area contributed by atoms with Crippen molar-refractivity contribution in [2.24, 2.45) is 0 Å². The highest BCUT2D eigenvalue weighted by Gasteiger charge is 2.10. The quantitative estimate of drug-likeness (QED) is 0.250. The zero-order chi connectivity index (χ0) is 20.3. The van der Waals surface area contributed by atoms with Crippen LogP contribution in [0.25, 0.3) is 33.6 Å². The standard InChI is InChI=1S/C25H17BrN2S2/c26-21-12-10-20(11-13-21)23-16-30-25(28-23)14-24-27-22(15-29-24)19-8-6-18(7-9-19)17-4-2-1-3-5-17/h1-13,15-16H,14H2. The Morgan fingerprint density at radius 2 is 1.03 bits per heavy atom. The van der Waals surface area contributed by atoms with E-state index in [2.05, 4.69) is 87.4 Å². The zero-order valence-electron chi connectivity index (χ0n) is 16.0. The smallest absolute Gasteiger partial charge is 0.100 e. The lowest BCUT2D eigenvalue weighted by molar-refractivity contribution is 1.11. The Morgan fingerprint density at radius 3 is 1.60 bits per heavy atom. The van der Waals surface area contributed by atoms with Crippen LogP contribution in [0, 0.1) is 0 Å². The van der Waals surface area contributed by atoms with E-state index in [4.69, 9.17) is 9.97 Å². The Bertz CT molecular complexity index is 1260. The van der Waals surface area contributed by atoms with Crippen molar-refractivity contribution in [3.05, 3.63) is 104 Å². The van der Waals surface area contributed by atoms with Gasteiger partial charge in [-0.25, -0.2) is 9.97 Å². The summed E-state index contributed by atoms with van der Waals surface area (Å²) in [5.74, 6) is 0. The van der Waals surface area contributed by atoms with Crippen molar-refractivity contribution < 1.29 is 0 Å². The van der Waals surface area contributed by atoms with Crippen molar-refractivity contribution in [1.82, 2.24) is 9.97 Å². The van der Waals surface area contributed by atoms with E-state index >= 15 is 0 Å². The zero-order valence-corrected chi connectivity index (χ0v) is 19.2. The molecule has 2 heterocycles. The minimum absolute atomic E-state index is 0.772. The van der Waals surface area contributed by atoms with Crippen molar-refractivity contribution in [3.8, 4) is 33.6 Å². The normalized spacial score (nSPS) is 11.0. The lowest BCUT2D eigenvalue weighted by Crippen LogP contribution is -1.87. The summed E-state index contributed by atoms with van der Waals surface area (Å²) in [7, 11) is 0. The van der Waals surface area contributed by atoms with Gasteiger partial charge in [0.05, 0.1) is 17.8 Å². The first-order valence-corrected chi connectivity index (χ1v) is 12.1. The summed E-state index contributed by atoms with van der Waals surface area (Å²) in [6.45, 7) is 0. The Hall–Kier alpha value is -2.60. The van der Waals surface area contributed by atoms with Gasteiger partial charge in [-0.2, -0.15) is 0 Å². The molecule has 146 valence electrons. The molecule has 5 heteroatoms. The maximum Gasteiger partial charge on any atom is 0.100 e. The molecule has 2 aromatic heterocycles. The second kappa shape index (κ2) is 8.64. The molecule has 0 saturated heterocycles. The van der Waals surface area contributed by atoms with E-state index < -0.39 is 0 Å². The molecule has 0 atom stereocenters. The summed E-state index contributed by atoms with van der Waals surface area (Å²) in [6, 6.07) is 27.3. The predicted molar refractivity (Wildman–Crippen MR) is 131 cm³/mol. The van der Waals surface area contributed by atoms with Gasteiger partial charge in [-0.15, -0.1) is 22.7 Å². The molecule has 5 aromatic rings. The van der Waals surface area contributed by atoms with Gasteiger partial charge >= 0.3 is 0 Å². The van der Waals surface area contributed by atoms with Crippen LogP contribution < -0.4 is 0 Å². The monoisotopic (exact) mass is 488 g/mol. The fraction of sp³-hybridized carbons (Fsp3) is 0.0400. The Balaban J connectivity index is 1.31. The van der Waals surface area contributed by atoms with Crippen LogP contribution in [0.4, 0.5) is 0 Å². The SMILES string of the molecule is Brc1ccc(-c2csc(Cc3nc(-c4ccc(-c5ccccc5)cc4)cs3)n2)cc1. The van der Waals surface area contributed by atoms with Gasteiger partial charge in [0, 0.05) is 26.4 Å². The van der Waals surface area contributed by atoms with Gasteiger partial charge in [0.15, 0.2) is 0 Å². The van der Waals surface area contributed by atoms with Crippen LogP contribution in [-0.4, -0.2) is 9.97 Å². The van der Waals surface area contributed by atoms with E-state index in [1.807, 2.05) is 18.2 Å². The van der Waals surface area contributed by atoms with Gasteiger partial charge in [-0.3, -0.25) is 0 Å². The second-order valence-corrected chi connectivity index (χ2v) is 9.68. The fourth-order valence-corrected chi connectivity index (χ4v) is 5.23. The van der Waals surface area contributed by atoms with Crippen LogP contribution in [0.5, 0.6) is 0 Å². The summed E-state index contributed by atoms with van der Waals surface area (Å²) in [4.78, 5) is 9.65. The third-order valence-corrected chi connectivity index (χ3v) is 7.06. The molecule has 0 amide bonds. The molecule has 0 spiro atoms. The molecule has 0 aliphatic rings. The molecule has 0 radical (unpaired) electrons. The third kappa shape index (κ3) is 4.29. The number of hydrogen-bond acceptors (Lipinski definition) is 4. The third-order valence-electron chi connectivity index (χ3n) is 4.83. The molecule has 2 nitrogen and oxygen atoms in total. The number of aromatic nitrogens is 2. The van der Waals surface area contributed by atoms with Crippen LogP contribution in [0.2, 0.25) is 0 Å². The minimum atomic E-state index is 0.772. The highest BCUT2D eigenvalue weighted by Crippen LogP contribution is 2.29. The largest absolute Gasteiger partial charge is 0.241 e. The summed E-state index contributed by atoms with van der Waals surface area (Å²) < 4.78 is 1.08. The first-order chi connectivity index (χ1) is 14.7. The van der Waals surface area contributed by atoms with Crippen LogP contribution in [-0.2, 0) is 6.42 Å². The Labute approximate surface area is 192 Å². The lowest BCUT2D eigenvalue weighted by atomic mass is 10.0. The van der Waals surface area contributed by atoms with Crippen molar-refractivity contribution in [3.63, 3.8) is 0 Å². The number of thiazole rings is 2. The van der Waals surface area contributed by atoms with E-state index in [1.165, 1.54) is 11.1 Å². The summed E-state index contributed by atoms with van der Waals surface area (Å²) in [6.07, 6.45) is 0.772. The molecule has 0 N–H and O–H groups in total. The molecule has 0 unspecified atom stereocenters. The summed E-state index contributed by atoms with van der Waals surface area (Å²) >= 11 is 6.87. The van der Waals surface area contributed by atoms with Crippen LogP contribution >= 0.6 is 38.6 Å². The molecule has 30 heavy (non-hydrogen) atoms. The van der Waals surface area contributed by atoms with Gasteiger partial charge in [-0.05, 0) is 23.3 Å². The van der Waals surface area contributed by atoms with Gasteiger partial charge in [0.2, 0.25) is 0 Å². The average Bonchev–Trinajstić information content (AvgIpc) is 3.45. The van der Waals surface area contributed by atoms with Crippen molar-refractivity contribution in [2.45, 2.75) is 6.42 Å². The molecule has 0 aliphatic heterocycles. The highest BCUT2D eigenvalue weighted by molar-refractivity contribution is 9.10. The van der Waals surface area contributed by atoms with Crippen LogP contribution in [0.1, 0.15) is 10.0 Å². The molecule has 3 aromatic carbocycles. The second-order valence-electron chi connectivity index (χ2n) is 6.88. The van der Waals surface area contributed by atoms with Crippen LogP contribution in [0.3, 0.4) is 0 Å². The molecule has 0 bridgehead atoms. The number of hydrogen-bond donors (Lipinski definition) is 0. The molecule has 0 fully saturated rings. The van der Waals surface area contributed by atoms with Gasteiger partial charge < -0.3 is 0 Å². The van der Waals surface area contributed by atoms with Crippen molar-refractivity contribution in [1.29, 1.82) is 0 Å². The van der Waals surface area contributed by atoms with Gasteiger partial charge in [0.25, 0.3) is 0 Å². The topological polar surface area (TPSA) is 25.8 Å². The average molecular weight is 489 g/mol. The number of benzene rings is 3. The van der Waals surface area contributed by atoms with Gasteiger partial charge in [-0.1, -0.05) is 82.7 Å². The molecular weight excluding hydrogens is 472 g/mol. The molecular formula is C25H17BrN2S2. The molecule has 0 aliphatic carbocycles. The number of halogens is 1. The summed E-state index contributed by atoms with van der Waals surface area (Å²) in [5, 5.41) is 6.44. The van der Waals surface area contributed by atoms with E-state index in [0.717, 1.165) is 43.4 Å². The Kier molecular flexibility index (Phi) is 5.58. The van der Waals surface area contributed by atoms with E-state index in [9.17, 15) is 0 Å². The minimum Gasteiger partial charge on any atom is -0.241 e. The molecule has 0 saturated carbocycles. The highest BCUT2D eigenvalue weighted by atomic mass is 79.9. The first kappa shape index (κ1) is 19.4. The lowest BCUT2D eigenvalue weighted by Gasteiger charge is -2.02. The van der Waals surface area contributed by atoms with E-state index in [-0.39, 0.29) is 0 Å².